The number of fused-ring (bicyclic) bond motifs is 1. The summed E-state index contributed by atoms with van der Waals surface area (Å²) in [5.41, 5.74) is 5.09. The van der Waals surface area contributed by atoms with Crippen molar-refractivity contribution < 1.29 is 4.79 Å². The van der Waals surface area contributed by atoms with Crippen LogP contribution in [-0.4, -0.2) is 40.6 Å². The van der Waals surface area contributed by atoms with Crippen molar-refractivity contribution in [2.75, 3.05) is 5.32 Å². The van der Waals surface area contributed by atoms with Crippen LogP contribution in [0.15, 0.2) is 49.2 Å². The Bertz CT molecular complexity index is 1380. The number of rotatable bonds is 5. The summed E-state index contributed by atoms with van der Waals surface area (Å²) < 4.78 is 3.45. The van der Waals surface area contributed by atoms with Crippen molar-refractivity contribution >= 4 is 17.4 Å². The lowest BCUT2D eigenvalue weighted by atomic mass is 9.99. The van der Waals surface area contributed by atoms with E-state index in [0.717, 1.165) is 54.0 Å². The second-order valence-corrected chi connectivity index (χ2v) is 10.2. The first kappa shape index (κ1) is 23.7. The maximum atomic E-state index is 13.0. The molecule has 0 fully saturated rings. The van der Waals surface area contributed by atoms with E-state index in [2.05, 4.69) is 37.1 Å². The first-order valence-corrected chi connectivity index (χ1v) is 12.2. The summed E-state index contributed by atoms with van der Waals surface area (Å²) in [6, 6.07) is 5.96. The van der Waals surface area contributed by atoms with Gasteiger partial charge in [-0.1, -0.05) is 11.6 Å². The van der Waals surface area contributed by atoms with E-state index in [0.29, 0.717) is 5.69 Å². The molecule has 1 amide bonds. The van der Waals surface area contributed by atoms with E-state index in [9.17, 15) is 4.79 Å². The van der Waals surface area contributed by atoms with Gasteiger partial charge in [-0.05, 0) is 69.4 Å². The monoisotopic (exact) mass is 485 g/mol. The van der Waals surface area contributed by atoms with Gasteiger partial charge in [0.25, 0.3) is 5.91 Å². The summed E-state index contributed by atoms with van der Waals surface area (Å²) in [5, 5.41) is 18.8. The van der Waals surface area contributed by atoms with E-state index in [1.54, 1.807) is 28.0 Å². The van der Waals surface area contributed by atoms with E-state index < -0.39 is 0 Å². The molecule has 1 atom stereocenters. The highest BCUT2D eigenvalue weighted by atomic mass is 16.2. The first-order valence-electron chi connectivity index (χ1n) is 12.2. The van der Waals surface area contributed by atoms with Crippen LogP contribution in [0.5, 0.6) is 0 Å². The van der Waals surface area contributed by atoms with Crippen LogP contribution in [0, 0.1) is 0 Å². The molecule has 2 N–H and O–H groups in total. The average molecular weight is 486 g/mol. The summed E-state index contributed by atoms with van der Waals surface area (Å²) in [7, 11) is 1.87. The molecule has 0 saturated heterocycles. The lowest BCUT2D eigenvalue weighted by Gasteiger charge is -2.19. The molecular formula is C26H31N9O. The molecule has 0 aromatic carbocycles. The molecule has 36 heavy (non-hydrogen) atoms. The normalized spacial score (nSPS) is 15.7. The molecule has 0 aliphatic heterocycles. The van der Waals surface area contributed by atoms with Crippen molar-refractivity contribution in [3.05, 3.63) is 66.0 Å². The van der Waals surface area contributed by atoms with Crippen molar-refractivity contribution in [3.8, 4) is 11.3 Å². The largest absolute Gasteiger partial charge is 0.344 e. The molecule has 1 aliphatic rings. The van der Waals surface area contributed by atoms with Crippen molar-refractivity contribution in [2.24, 2.45) is 7.05 Å². The Morgan fingerprint density at radius 1 is 1.11 bits per heavy atom. The molecule has 10 heteroatoms. The highest BCUT2D eigenvalue weighted by Crippen LogP contribution is 2.31. The molecule has 0 radical (unpaired) electrons. The highest BCUT2D eigenvalue weighted by Gasteiger charge is 2.24. The highest BCUT2D eigenvalue weighted by molar-refractivity contribution is 5.92. The van der Waals surface area contributed by atoms with Gasteiger partial charge in [0.1, 0.15) is 5.82 Å². The van der Waals surface area contributed by atoms with E-state index in [-0.39, 0.29) is 17.5 Å². The van der Waals surface area contributed by atoms with Gasteiger partial charge in [0.2, 0.25) is 0 Å². The summed E-state index contributed by atoms with van der Waals surface area (Å²) >= 11 is 0. The Morgan fingerprint density at radius 3 is 2.72 bits per heavy atom. The van der Waals surface area contributed by atoms with Crippen LogP contribution < -0.4 is 10.6 Å². The van der Waals surface area contributed by atoms with Gasteiger partial charge in [0.15, 0.2) is 5.69 Å². The molecule has 0 saturated carbocycles. The lowest BCUT2D eigenvalue weighted by Crippen LogP contribution is -2.29. The Kier molecular flexibility index (Phi) is 6.26. The number of carbonyl (C=O) groups excluding carboxylic acids is 1. The number of aryl methyl sites for hydroxylation is 2. The van der Waals surface area contributed by atoms with Crippen molar-refractivity contribution in [1.29, 1.82) is 0 Å². The summed E-state index contributed by atoms with van der Waals surface area (Å²) in [6.07, 6.45) is 12.9. The van der Waals surface area contributed by atoms with Gasteiger partial charge >= 0.3 is 0 Å². The zero-order valence-electron chi connectivity index (χ0n) is 21.1. The third-order valence-corrected chi connectivity index (χ3v) is 6.34. The zero-order valence-corrected chi connectivity index (χ0v) is 21.1. The van der Waals surface area contributed by atoms with Crippen LogP contribution in [-0.2, 0) is 19.0 Å². The number of nitrogens with one attached hydrogen (secondary N) is 2. The van der Waals surface area contributed by atoms with Crippen LogP contribution >= 0.6 is 0 Å². The number of amides is 1. The van der Waals surface area contributed by atoms with Gasteiger partial charge in [-0.25, -0.2) is 9.67 Å². The van der Waals surface area contributed by atoms with Crippen LogP contribution in [0.4, 0.5) is 11.5 Å². The molecular weight excluding hydrogens is 454 g/mol. The van der Waals surface area contributed by atoms with Gasteiger partial charge < -0.3 is 10.6 Å². The Morgan fingerprint density at radius 2 is 1.97 bits per heavy atom. The topological polar surface area (TPSA) is 115 Å². The average Bonchev–Trinajstić information content (AvgIpc) is 3.46. The maximum Gasteiger partial charge on any atom is 0.273 e. The van der Waals surface area contributed by atoms with Gasteiger partial charge in [-0.15, -0.1) is 5.10 Å². The number of anilines is 2. The molecule has 186 valence electrons. The van der Waals surface area contributed by atoms with Gasteiger partial charge in [-0.3, -0.25) is 14.5 Å². The predicted octanol–water partition coefficient (Wildman–Crippen LogP) is 4.16. The zero-order chi connectivity index (χ0) is 25.3. The fraction of sp³-hybridized carbons (Fsp3) is 0.385. The van der Waals surface area contributed by atoms with E-state index >= 15 is 0 Å². The number of hydrogen-bond acceptors (Lipinski definition) is 7. The number of aromatic nitrogens is 7. The number of nitrogens with zero attached hydrogens (tertiary/aromatic N) is 7. The van der Waals surface area contributed by atoms with Gasteiger partial charge in [0, 0.05) is 31.2 Å². The third-order valence-electron chi connectivity index (χ3n) is 6.34. The first-order chi connectivity index (χ1) is 17.3. The minimum atomic E-state index is -0.235. The van der Waals surface area contributed by atoms with Gasteiger partial charge in [-0.2, -0.15) is 5.10 Å². The molecule has 4 heterocycles. The molecule has 5 rings (SSSR count). The molecule has 1 aliphatic carbocycles. The quantitative estimate of drug-likeness (QED) is 0.408. The van der Waals surface area contributed by atoms with Crippen LogP contribution in [0.2, 0.25) is 0 Å². The second kappa shape index (κ2) is 9.52. The Labute approximate surface area is 210 Å². The fourth-order valence-corrected chi connectivity index (χ4v) is 4.38. The van der Waals surface area contributed by atoms with Crippen LogP contribution in [0.1, 0.15) is 67.7 Å². The summed E-state index contributed by atoms with van der Waals surface area (Å²) in [4.78, 5) is 22.2. The third kappa shape index (κ3) is 5.12. The van der Waals surface area contributed by atoms with Crippen molar-refractivity contribution in [1.82, 2.24) is 40.1 Å². The lowest BCUT2D eigenvalue weighted by molar-refractivity contribution is 0.0929. The molecule has 10 nitrogen and oxygen atoms in total. The second-order valence-electron chi connectivity index (χ2n) is 10.2. The molecule has 4 aromatic heterocycles. The Balaban J connectivity index is 1.36. The summed E-state index contributed by atoms with van der Waals surface area (Å²) in [5.74, 6) is 0.512. The van der Waals surface area contributed by atoms with Gasteiger partial charge in [0.05, 0.1) is 35.4 Å². The smallest absolute Gasteiger partial charge is 0.273 e. The van der Waals surface area contributed by atoms with Crippen LogP contribution in [0.25, 0.3) is 11.3 Å². The fourth-order valence-electron chi connectivity index (χ4n) is 4.38. The predicted molar refractivity (Wildman–Crippen MR) is 137 cm³/mol. The van der Waals surface area contributed by atoms with E-state index in [1.165, 1.54) is 5.56 Å². The minimum Gasteiger partial charge on any atom is -0.344 e. The van der Waals surface area contributed by atoms with E-state index in [4.69, 9.17) is 4.98 Å². The van der Waals surface area contributed by atoms with Crippen molar-refractivity contribution in [3.63, 3.8) is 0 Å². The van der Waals surface area contributed by atoms with E-state index in [1.807, 2.05) is 52.3 Å². The molecule has 0 bridgehead atoms. The molecule has 4 aromatic rings. The number of hydrogen-bond donors (Lipinski definition) is 2. The van der Waals surface area contributed by atoms with Crippen LogP contribution in [0.3, 0.4) is 0 Å². The summed E-state index contributed by atoms with van der Waals surface area (Å²) in [6.45, 7) is 6.07. The standard InChI is InChI=1S/C26H31N9O/c1-26(2,3)35-16-23(32-33-35)25(36)31-21-8-6-5-7-17-11-22(28-14-20(17)21)18-9-10-27-24(12-18)30-19-13-29-34(4)15-19/h9-16,21H,5-8H2,1-4H3,(H,27,30)(H,31,36)/t21-/m0/s1. The number of carbonyl (C=O) groups is 1. The minimum absolute atomic E-state index is 0.114. The Hall–Kier alpha value is -4.08. The number of pyridine rings is 2. The molecule has 0 spiro atoms. The molecule has 0 unspecified atom stereocenters. The maximum absolute atomic E-state index is 13.0. The SMILES string of the molecule is Cn1cc(Nc2cc(-c3cc4c(cn3)[C@@H](NC(=O)c3cn(C(C)(C)C)nn3)CCCC4)ccn2)cn1. The van der Waals surface area contributed by atoms with Crippen molar-refractivity contribution in [2.45, 2.75) is 58.0 Å².